The quantitative estimate of drug-likeness (QED) is 0.897. The molecule has 0 unspecified atom stereocenters. The maximum atomic E-state index is 10.9. The lowest BCUT2D eigenvalue weighted by atomic mass is 9.86. The topological polar surface area (TPSA) is 75.1 Å². The first-order valence-electron chi connectivity index (χ1n) is 6.93. The molecule has 1 fully saturated rings. The van der Waals surface area contributed by atoms with Crippen molar-refractivity contribution in [3.8, 4) is 0 Å². The van der Waals surface area contributed by atoms with Crippen LogP contribution < -0.4 is 5.32 Å². The molecule has 1 aromatic heterocycles. The number of anilines is 1. The van der Waals surface area contributed by atoms with Crippen LogP contribution in [0.25, 0.3) is 11.0 Å². The molecule has 0 aliphatic heterocycles. The van der Waals surface area contributed by atoms with E-state index in [0.717, 1.165) is 42.5 Å². The highest BCUT2D eigenvalue weighted by molar-refractivity contribution is 5.75. The molecule has 5 heteroatoms. The molecule has 104 valence electrons. The molecule has 2 N–H and O–H groups in total. The summed E-state index contributed by atoms with van der Waals surface area (Å²) >= 11 is 0. The number of carbonyl (C=O) groups is 1. The second-order valence-electron chi connectivity index (χ2n) is 5.28. The van der Waals surface area contributed by atoms with Gasteiger partial charge in [0, 0.05) is 6.04 Å². The van der Waals surface area contributed by atoms with E-state index in [0.29, 0.717) is 6.04 Å². The molecule has 0 radical (unpaired) electrons. The van der Waals surface area contributed by atoms with Crippen molar-refractivity contribution in [3.05, 3.63) is 30.5 Å². The molecule has 1 saturated carbocycles. The van der Waals surface area contributed by atoms with Crippen molar-refractivity contribution in [2.75, 3.05) is 5.32 Å². The summed E-state index contributed by atoms with van der Waals surface area (Å²) in [6, 6.07) is 8.05. The normalized spacial score (nSPS) is 22.6. The molecule has 1 aliphatic carbocycles. The lowest BCUT2D eigenvalue weighted by molar-refractivity contribution is -0.142. The summed E-state index contributed by atoms with van der Waals surface area (Å²) < 4.78 is 0. The molecule has 1 aromatic carbocycles. The van der Waals surface area contributed by atoms with Crippen molar-refractivity contribution in [2.45, 2.75) is 31.7 Å². The van der Waals surface area contributed by atoms with Gasteiger partial charge in [-0.2, -0.15) is 0 Å². The third kappa shape index (κ3) is 2.71. The zero-order valence-electron chi connectivity index (χ0n) is 11.1. The van der Waals surface area contributed by atoms with E-state index in [4.69, 9.17) is 5.11 Å². The van der Waals surface area contributed by atoms with Crippen LogP contribution in [0.15, 0.2) is 30.5 Å². The van der Waals surface area contributed by atoms with Crippen LogP contribution in [-0.2, 0) is 4.79 Å². The van der Waals surface area contributed by atoms with Gasteiger partial charge in [-0.1, -0.05) is 12.1 Å². The summed E-state index contributed by atoms with van der Waals surface area (Å²) in [6.45, 7) is 0. The smallest absolute Gasteiger partial charge is 0.306 e. The van der Waals surface area contributed by atoms with Crippen LogP contribution in [-0.4, -0.2) is 27.1 Å². The molecule has 0 spiro atoms. The number of carboxylic acids is 1. The molecular formula is C15H17N3O2. The van der Waals surface area contributed by atoms with Gasteiger partial charge >= 0.3 is 5.97 Å². The number of para-hydroxylation sites is 2. The molecule has 1 heterocycles. The average Bonchev–Trinajstić information content (AvgIpc) is 2.48. The van der Waals surface area contributed by atoms with Gasteiger partial charge in [0.1, 0.15) is 5.82 Å². The van der Waals surface area contributed by atoms with Crippen LogP contribution in [0.2, 0.25) is 0 Å². The number of hydrogen-bond acceptors (Lipinski definition) is 4. The van der Waals surface area contributed by atoms with Gasteiger partial charge in [-0.05, 0) is 37.8 Å². The van der Waals surface area contributed by atoms with Crippen LogP contribution in [0.1, 0.15) is 25.7 Å². The van der Waals surface area contributed by atoms with Crippen molar-refractivity contribution in [1.29, 1.82) is 0 Å². The summed E-state index contributed by atoms with van der Waals surface area (Å²) in [7, 11) is 0. The first kappa shape index (κ1) is 12.8. The second-order valence-corrected chi connectivity index (χ2v) is 5.28. The third-order valence-corrected chi connectivity index (χ3v) is 3.88. The number of nitrogens with one attached hydrogen (secondary N) is 1. The standard InChI is InChI=1S/C15H17N3O2/c19-15(20)10-5-7-11(8-6-10)17-14-9-16-12-3-1-2-4-13(12)18-14/h1-4,9-11H,5-8H2,(H,17,18)(H,19,20). The van der Waals surface area contributed by atoms with Crippen molar-refractivity contribution < 1.29 is 9.90 Å². The van der Waals surface area contributed by atoms with Gasteiger partial charge in [0.25, 0.3) is 0 Å². The van der Waals surface area contributed by atoms with Crippen LogP contribution in [0, 0.1) is 5.92 Å². The van der Waals surface area contributed by atoms with E-state index >= 15 is 0 Å². The highest BCUT2D eigenvalue weighted by atomic mass is 16.4. The van der Waals surface area contributed by atoms with E-state index in [1.165, 1.54) is 0 Å². The van der Waals surface area contributed by atoms with Crippen molar-refractivity contribution in [1.82, 2.24) is 9.97 Å². The first-order chi connectivity index (χ1) is 9.72. The Balaban J connectivity index is 1.66. The SMILES string of the molecule is O=C(O)C1CCC(Nc2cnc3ccccc3n2)CC1. The average molecular weight is 271 g/mol. The molecule has 2 aromatic rings. The fourth-order valence-corrected chi connectivity index (χ4v) is 2.72. The monoisotopic (exact) mass is 271 g/mol. The van der Waals surface area contributed by atoms with E-state index in [9.17, 15) is 4.79 Å². The Kier molecular flexibility index (Phi) is 3.50. The molecule has 0 amide bonds. The highest BCUT2D eigenvalue weighted by Crippen LogP contribution is 2.26. The number of aromatic nitrogens is 2. The fourth-order valence-electron chi connectivity index (χ4n) is 2.72. The molecule has 0 saturated heterocycles. The van der Waals surface area contributed by atoms with Crippen LogP contribution in [0.3, 0.4) is 0 Å². The maximum Gasteiger partial charge on any atom is 0.306 e. The Labute approximate surface area is 117 Å². The number of rotatable bonds is 3. The summed E-state index contributed by atoms with van der Waals surface area (Å²) in [5, 5.41) is 12.4. The van der Waals surface area contributed by atoms with Gasteiger partial charge in [0.2, 0.25) is 0 Å². The minimum absolute atomic E-state index is 0.185. The molecular weight excluding hydrogens is 254 g/mol. The van der Waals surface area contributed by atoms with Crippen molar-refractivity contribution in [2.24, 2.45) is 5.92 Å². The number of carboxylic acid groups (broad SMARTS) is 1. The Hall–Kier alpha value is -2.17. The van der Waals surface area contributed by atoms with Crippen LogP contribution in [0.5, 0.6) is 0 Å². The molecule has 3 rings (SSSR count). The van der Waals surface area contributed by atoms with Gasteiger partial charge in [-0.25, -0.2) is 4.98 Å². The zero-order chi connectivity index (χ0) is 13.9. The molecule has 0 atom stereocenters. The van der Waals surface area contributed by atoms with Crippen molar-refractivity contribution in [3.63, 3.8) is 0 Å². The minimum Gasteiger partial charge on any atom is -0.481 e. The summed E-state index contributed by atoms with van der Waals surface area (Å²) in [4.78, 5) is 19.8. The van der Waals surface area contributed by atoms with Gasteiger partial charge in [-0.3, -0.25) is 9.78 Å². The van der Waals surface area contributed by atoms with Gasteiger partial charge in [0.15, 0.2) is 0 Å². The van der Waals surface area contributed by atoms with Crippen molar-refractivity contribution >= 4 is 22.8 Å². The summed E-state index contributed by atoms with van der Waals surface area (Å²) in [5.41, 5.74) is 1.75. The Morgan fingerprint density at radius 1 is 1.15 bits per heavy atom. The number of hydrogen-bond donors (Lipinski definition) is 2. The lowest BCUT2D eigenvalue weighted by Gasteiger charge is -2.27. The van der Waals surface area contributed by atoms with Gasteiger partial charge in [0.05, 0.1) is 23.1 Å². The van der Waals surface area contributed by atoms with Crippen LogP contribution in [0.4, 0.5) is 5.82 Å². The molecule has 20 heavy (non-hydrogen) atoms. The number of benzene rings is 1. The summed E-state index contributed by atoms with van der Waals surface area (Å²) in [6.07, 6.45) is 4.94. The largest absolute Gasteiger partial charge is 0.481 e. The van der Waals surface area contributed by atoms with E-state index < -0.39 is 5.97 Å². The second kappa shape index (κ2) is 5.45. The van der Waals surface area contributed by atoms with E-state index in [2.05, 4.69) is 15.3 Å². The van der Waals surface area contributed by atoms with E-state index in [1.54, 1.807) is 6.20 Å². The third-order valence-electron chi connectivity index (χ3n) is 3.88. The first-order valence-corrected chi connectivity index (χ1v) is 6.93. The Bertz CT molecular complexity index is 621. The minimum atomic E-state index is -0.672. The van der Waals surface area contributed by atoms with E-state index in [1.807, 2.05) is 24.3 Å². The Morgan fingerprint density at radius 2 is 1.85 bits per heavy atom. The zero-order valence-corrected chi connectivity index (χ0v) is 11.1. The van der Waals surface area contributed by atoms with Crippen LogP contribution >= 0.6 is 0 Å². The number of nitrogens with zero attached hydrogens (tertiary/aromatic N) is 2. The number of fused-ring (bicyclic) bond motifs is 1. The highest BCUT2D eigenvalue weighted by Gasteiger charge is 2.25. The van der Waals surface area contributed by atoms with E-state index in [-0.39, 0.29) is 5.92 Å². The fraction of sp³-hybridized carbons (Fsp3) is 0.400. The Morgan fingerprint density at radius 3 is 2.55 bits per heavy atom. The van der Waals surface area contributed by atoms with Gasteiger partial charge in [-0.15, -0.1) is 0 Å². The predicted octanol–water partition coefficient (Wildman–Crippen LogP) is 2.69. The summed E-state index contributed by atoms with van der Waals surface area (Å²) in [5.74, 6) is -0.0906. The lowest BCUT2D eigenvalue weighted by Crippen LogP contribution is -2.29. The molecule has 5 nitrogen and oxygen atoms in total. The number of aliphatic carboxylic acids is 1. The van der Waals surface area contributed by atoms with Gasteiger partial charge < -0.3 is 10.4 Å². The molecule has 1 aliphatic rings. The molecule has 0 bridgehead atoms. The maximum absolute atomic E-state index is 10.9. The predicted molar refractivity (Wildman–Crippen MR) is 76.5 cm³/mol.